The molecule has 0 radical (unpaired) electrons. The van der Waals surface area contributed by atoms with Crippen molar-refractivity contribution in [2.24, 2.45) is 5.92 Å². The average molecular weight is 589 g/mol. The summed E-state index contributed by atoms with van der Waals surface area (Å²) in [5.41, 5.74) is 2.40. The first-order valence-electron chi connectivity index (χ1n) is 14.4. The number of nitrogens with one attached hydrogen (secondary N) is 1. The van der Waals surface area contributed by atoms with Crippen molar-refractivity contribution < 1.29 is 23.5 Å². The van der Waals surface area contributed by atoms with Gasteiger partial charge in [-0.3, -0.25) is 4.79 Å². The Morgan fingerprint density at radius 2 is 1.74 bits per heavy atom. The fourth-order valence-corrected chi connectivity index (χ4v) is 5.67. The number of methoxy groups -OCH3 is 1. The lowest BCUT2D eigenvalue weighted by atomic mass is 9.87. The van der Waals surface area contributed by atoms with Gasteiger partial charge in [-0.2, -0.15) is 0 Å². The van der Waals surface area contributed by atoms with Gasteiger partial charge in [0.2, 0.25) is 0 Å². The van der Waals surface area contributed by atoms with Crippen LogP contribution in [-0.4, -0.2) is 30.0 Å². The lowest BCUT2D eigenvalue weighted by Gasteiger charge is -2.19. The van der Waals surface area contributed by atoms with Gasteiger partial charge in [-0.1, -0.05) is 64.7 Å². The zero-order chi connectivity index (χ0) is 29.9. The Bertz CT molecular complexity index is 1570. The molecule has 1 aliphatic carbocycles. The van der Waals surface area contributed by atoms with Crippen molar-refractivity contribution in [1.82, 2.24) is 10.3 Å². The van der Waals surface area contributed by atoms with E-state index < -0.39 is 17.9 Å². The topological polar surface area (TPSA) is 90.7 Å². The van der Waals surface area contributed by atoms with Crippen LogP contribution in [0, 0.1) is 5.92 Å². The van der Waals surface area contributed by atoms with Crippen molar-refractivity contribution in [3.63, 3.8) is 0 Å². The van der Waals surface area contributed by atoms with Gasteiger partial charge in [-0.15, -0.1) is 0 Å². The third-order valence-electron chi connectivity index (χ3n) is 7.85. The molecule has 7 nitrogen and oxygen atoms in total. The van der Waals surface area contributed by atoms with Crippen LogP contribution in [0.2, 0.25) is 5.22 Å². The van der Waals surface area contributed by atoms with Crippen molar-refractivity contribution in [1.29, 1.82) is 0 Å². The van der Waals surface area contributed by atoms with Crippen LogP contribution >= 0.6 is 11.6 Å². The number of fused-ring (bicyclic) bond motifs is 1. The van der Waals surface area contributed by atoms with Crippen LogP contribution in [0.5, 0.6) is 11.5 Å². The van der Waals surface area contributed by atoms with E-state index in [1.165, 1.54) is 25.5 Å². The minimum atomic E-state index is -0.957. The Kier molecular flexibility index (Phi) is 8.88. The molecule has 0 unspecified atom stereocenters. The summed E-state index contributed by atoms with van der Waals surface area (Å²) in [6, 6.07) is 18.1. The Morgan fingerprint density at radius 1 is 1.02 bits per heavy atom. The summed E-state index contributed by atoms with van der Waals surface area (Å²) in [6.07, 6.45) is 5.58. The molecular formula is C34H37ClN2O5. The largest absolute Gasteiger partial charge is 0.467 e. The van der Waals surface area contributed by atoms with Gasteiger partial charge < -0.3 is 19.2 Å². The van der Waals surface area contributed by atoms with Gasteiger partial charge >= 0.3 is 5.97 Å². The first-order valence-corrected chi connectivity index (χ1v) is 14.8. The number of hydrogen-bond donors (Lipinski definition) is 1. The van der Waals surface area contributed by atoms with E-state index in [0.29, 0.717) is 17.4 Å². The van der Waals surface area contributed by atoms with E-state index in [1.54, 1.807) is 18.2 Å². The van der Waals surface area contributed by atoms with Crippen LogP contribution in [0.15, 0.2) is 65.1 Å². The molecule has 1 saturated carbocycles. The summed E-state index contributed by atoms with van der Waals surface area (Å²) in [7, 11) is 1.28. The third kappa shape index (κ3) is 7.13. The minimum Gasteiger partial charge on any atom is -0.467 e. The van der Waals surface area contributed by atoms with E-state index in [2.05, 4.69) is 38.2 Å². The minimum absolute atomic E-state index is 0.0651. The van der Waals surface area contributed by atoms with Crippen LogP contribution in [0.1, 0.15) is 74.0 Å². The second kappa shape index (κ2) is 12.6. The third-order valence-corrected chi connectivity index (χ3v) is 8.06. The zero-order valence-electron chi connectivity index (χ0n) is 24.5. The number of benzene rings is 2. The van der Waals surface area contributed by atoms with Gasteiger partial charge in [-0.25, -0.2) is 9.78 Å². The second-order valence-corrected chi connectivity index (χ2v) is 12.4. The van der Waals surface area contributed by atoms with Crippen LogP contribution < -0.4 is 10.1 Å². The Balaban J connectivity index is 1.43. The molecule has 4 aromatic rings. The number of carbonyl (C=O) groups excluding carboxylic acids is 2. The number of carbonyl (C=O) groups is 2. The Hall–Kier alpha value is -3.84. The lowest BCUT2D eigenvalue weighted by molar-refractivity contribution is -0.142. The molecule has 8 heteroatoms. The summed E-state index contributed by atoms with van der Waals surface area (Å²) in [4.78, 5) is 30.8. The van der Waals surface area contributed by atoms with Gasteiger partial charge in [0.25, 0.3) is 5.91 Å². The van der Waals surface area contributed by atoms with Crippen molar-refractivity contribution in [3.8, 4) is 11.5 Å². The number of rotatable bonds is 9. The molecule has 1 atom stereocenters. The maximum atomic E-state index is 13.4. The molecular weight excluding hydrogens is 552 g/mol. The average Bonchev–Trinajstić information content (AvgIpc) is 3.63. The molecule has 1 N–H and O–H groups in total. The van der Waals surface area contributed by atoms with Crippen molar-refractivity contribution in [3.05, 3.63) is 88.6 Å². The SMILES string of the molecule is COC(=O)[C@H](Cc1ccc(Cl)o1)NC(=O)c1cc2ccc(Oc3ccc(C(C)(C)C)cc3)cc2c(CC2CCCC2)n1. The second-order valence-electron chi connectivity index (χ2n) is 12.0. The highest BCUT2D eigenvalue weighted by molar-refractivity contribution is 6.28. The maximum Gasteiger partial charge on any atom is 0.328 e. The molecule has 2 heterocycles. The highest BCUT2D eigenvalue weighted by Gasteiger charge is 2.26. The Morgan fingerprint density at radius 3 is 2.38 bits per heavy atom. The van der Waals surface area contributed by atoms with E-state index in [9.17, 15) is 9.59 Å². The molecule has 0 saturated heterocycles. The summed E-state index contributed by atoms with van der Waals surface area (Å²) < 4.78 is 16.6. The molecule has 2 aromatic heterocycles. The van der Waals surface area contributed by atoms with Crippen molar-refractivity contribution >= 4 is 34.2 Å². The molecule has 5 rings (SSSR count). The number of halogens is 1. The molecule has 1 fully saturated rings. The summed E-state index contributed by atoms with van der Waals surface area (Å²) >= 11 is 5.89. The number of aromatic nitrogens is 1. The first-order chi connectivity index (χ1) is 20.1. The molecule has 0 aliphatic heterocycles. The van der Waals surface area contributed by atoms with Crippen LogP contribution in [0.3, 0.4) is 0 Å². The van der Waals surface area contributed by atoms with Gasteiger partial charge in [-0.05, 0) is 82.8 Å². The first kappa shape index (κ1) is 29.6. The fourth-order valence-electron chi connectivity index (χ4n) is 5.51. The number of nitrogens with zero attached hydrogens (tertiary/aromatic N) is 1. The molecule has 2 aromatic carbocycles. The van der Waals surface area contributed by atoms with Crippen LogP contribution in [-0.2, 0) is 27.8 Å². The highest BCUT2D eigenvalue weighted by atomic mass is 35.5. The van der Waals surface area contributed by atoms with E-state index in [1.807, 2.05) is 30.3 Å². The quantitative estimate of drug-likeness (QED) is 0.200. The van der Waals surface area contributed by atoms with Crippen molar-refractivity contribution in [2.75, 3.05) is 7.11 Å². The maximum absolute atomic E-state index is 13.4. The smallest absolute Gasteiger partial charge is 0.328 e. The summed E-state index contributed by atoms with van der Waals surface area (Å²) in [6.45, 7) is 6.55. The summed E-state index contributed by atoms with van der Waals surface area (Å²) in [5, 5.41) is 4.83. The van der Waals surface area contributed by atoms with Gasteiger partial charge in [0.15, 0.2) is 5.22 Å². The molecule has 1 aliphatic rings. The summed E-state index contributed by atoms with van der Waals surface area (Å²) in [5.74, 6) is 1.40. The molecule has 42 heavy (non-hydrogen) atoms. The number of hydrogen-bond acceptors (Lipinski definition) is 6. The number of furan rings is 1. The molecule has 0 bridgehead atoms. The lowest BCUT2D eigenvalue weighted by Crippen LogP contribution is -2.43. The zero-order valence-corrected chi connectivity index (χ0v) is 25.3. The predicted octanol–water partition coefficient (Wildman–Crippen LogP) is 7.82. The van der Waals surface area contributed by atoms with Crippen molar-refractivity contribution in [2.45, 2.75) is 70.8 Å². The van der Waals surface area contributed by atoms with Gasteiger partial charge in [0, 0.05) is 17.5 Å². The number of esters is 1. The monoisotopic (exact) mass is 588 g/mol. The molecule has 220 valence electrons. The van der Waals surface area contributed by atoms with E-state index in [-0.39, 0.29) is 22.7 Å². The predicted molar refractivity (Wildman–Crippen MR) is 163 cm³/mol. The van der Waals surface area contributed by atoms with E-state index in [0.717, 1.165) is 41.5 Å². The van der Waals surface area contributed by atoms with Gasteiger partial charge in [0.1, 0.15) is 29.0 Å². The Labute approximate surface area is 251 Å². The van der Waals surface area contributed by atoms with E-state index >= 15 is 0 Å². The standard InChI is InChI=1S/C34H37ClN2O5/c1-34(2,3)23-10-13-24(14-11-23)41-25-12-9-22-18-29(36-28(27(22)19-25)17-21-7-5-6-8-21)32(38)37-30(33(39)40-4)20-26-15-16-31(35)42-26/h9-16,18-19,21,30H,5-8,17,20H2,1-4H3,(H,37,38)/t30-/m0/s1. The number of pyridine rings is 1. The normalized spacial score (nSPS) is 14.6. The van der Waals surface area contributed by atoms with Crippen LogP contribution in [0.25, 0.3) is 10.8 Å². The molecule has 0 spiro atoms. The molecule has 1 amide bonds. The van der Waals surface area contributed by atoms with Crippen LogP contribution in [0.4, 0.5) is 0 Å². The number of amides is 1. The van der Waals surface area contributed by atoms with Gasteiger partial charge in [0.05, 0.1) is 7.11 Å². The highest BCUT2D eigenvalue weighted by Crippen LogP contribution is 2.33. The number of ether oxygens (including phenoxy) is 2. The van der Waals surface area contributed by atoms with E-state index in [4.69, 9.17) is 30.5 Å². The fraction of sp³-hybridized carbons (Fsp3) is 0.382.